The van der Waals surface area contributed by atoms with Crippen LogP contribution in [0.1, 0.15) is 39.5 Å². The third kappa shape index (κ3) is 3.94. The lowest BCUT2D eigenvalue weighted by atomic mass is 9.97. The monoisotopic (exact) mass is 238 g/mol. The highest BCUT2D eigenvalue weighted by Gasteiger charge is 2.42. The Morgan fingerprint density at radius 1 is 1.65 bits per heavy atom. The average Bonchev–Trinajstić information content (AvgIpc) is 3.12. The molecular formula is C13H22N2O2. The highest BCUT2D eigenvalue weighted by molar-refractivity contribution is 5.75. The molecule has 1 fully saturated rings. The number of carbonyl (C=O) groups is 1. The Kier molecular flexibility index (Phi) is 4.83. The standard InChI is InChI=1S/C13H22N2O2/c1-4-6-11(5-2)14-12(17)15-13(3,9-16)10-7-8-10/h1,10-11,16H,5-9H2,2-3H3,(H2,14,15,17)/t11-,13+/m1/s1. The van der Waals surface area contributed by atoms with Crippen molar-refractivity contribution < 1.29 is 9.90 Å². The molecule has 1 saturated carbocycles. The normalized spacial score (nSPS) is 19.9. The Morgan fingerprint density at radius 2 is 2.29 bits per heavy atom. The van der Waals surface area contributed by atoms with E-state index in [9.17, 15) is 9.90 Å². The lowest BCUT2D eigenvalue weighted by Gasteiger charge is -2.29. The number of hydrogen-bond donors (Lipinski definition) is 3. The van der Waals surface area contributed by atoms with E-state index in [4.69, 9.17) is 6.42 Å². The molecule has 1 aliphatic carbocycles. The maximum Gasteiger partial charge on any atom is 0.315 e. The molecule has 0 aromatic rings. The zero-order chi connectivity index (χ0) is 12.9. The van der Waals surface area contributed by atoms with E-state index in [0.29, 0.717) is 12.3 Å². The van der Waals surface area contributed by atoms with Crippen LogP contribution >= 0.6 is 0 Å². The van der Waals surface area contributed by atoms with E-state index in [1.165, 1.54) is 0 Å². The number of hydrogen-bond acceptors (Lipinski definition) is 2. The van der Waals surface area contributed by atoms with E-state index in [-0.39, 0.29) is 18.7 Å². The van der Waals surface area contributed by atoms with Crippen LogP contribution in [0.15, 0.2) is 0 Å². The van der Waals surface area contributed by atoms with Gasteiger partial charge in [0, 0.05) is 12.5 Å². The molecule has 0 aromatic carbocycles. The molecule has 0 unspecified atom stereocenters. The van der Waals surface area contributed by atoms with E-state index >= 15 is 0 Å². The number of nitrogens with one attached hydrogen (secondary N) is 2. The summed E-state index contributed by atoms with van der Waals surface area (Å²) in [6.07, 6.45) is 8.70. The second kappa shape index (κ2) is 5.92. The summed E-state index contributed by atoms with van der Waals surface area (Å²) in [4.78, 5) is 11.8. The first kappa shape index (κ1) is 13.9. The van der Waals surface area contributed by atoms with Gasteiger partial charge in [-0.25, -0.2) is 4.79 Å². The molecule has 0 aliphatic heterocycles. The molecule has 2 amide bonds. The van der Waals surface area contributed by atoms with E-state index in [1.807, 2.05) is 13.8 Å². The number of terminal acetylenes is 1. The van der Waals surface area contributed by atoms with Crippen LogP contribution in [0, 0.1) is 18.3 Å². The van der Waals surface area contributed by atoms with E-state index < -0.39 is 5.54 Å². The predicted octanol–water partition coefficient (Wildman–Crippen LogP) is 1.25. The molecule has 1 rings (SSSR count). The minimum absolute atomic E-state index is 0.00199. The molecule has 0 spiro atoms. The maximum absolute atomic E-state index is 11.8. The summed E-state index contributed by atoms with van der Waals surface area (Å²) in [5, 5.41) is 15.1. The van der Waals surface area contributed by atoms with Gasteiger partial charge in [-0.1, -0.05) is 6.92 Å². The number of urea groups is 1. The fourth-order valence-corrected chi connectivity index (χ4v) is 1.91. The summed E-state index contributed by atoms with van der Waals surface area (Å²) in [6, 6.07) is -0.238. The molecule has 17 heavy (non-hydrogen) atoms. The van der Waals surface area contributed by atoms with Crippen molar-refractivity contribution in [1.29, 1.82) is 0 Å². The molecule has 1 aliphatic rings. The summed E-state index contributed by atoms with van der Waals surface area (Å²) in [7, 11) is 0. The quantitative estimate of drug-likeness (QED) is 0.610. The van der Waals surface area contributed by atoms with Crippen molar-refractivity contribution in [3.05, 3.63) is 0 Å². The SMILES string of the molecule is C#CC[C@@H](CC)NC(=O)N[C@@](C)(CO)C1CC1. The number of rotatable bonds is 6. The van der Waals surface area contributed by atoms with Gasteiger partial charge in [-0.2, -0.15) is 0 Å². The van der Waals surface area contributed by atoms with Gasteiger partial charge in [-0.05, 0) is 32.1 Å². The van der Waals surface area contributed by atoms with Crippen molar-refractivity contribution in [3.63, 3.8) is 0 Å². The minimum Gasteiger partial charge on any atom is -0.394 e. The summed E-state index contributed by atoms with van der Waals surface area (Å²) in [5.74, 6) is 2.94. The van der Waals surface area contributed by atoms with Crippen LogP contribution < -0.4 is 10.6 Å². The number of aliphatic hydroxyl groups excluding tert-OH is 1. The van der Waals surface area contributed by atoms with Gasteiger partial charge in [0.15, 0.2) is 0 Å². The Labute approximate surface area is 103 Å². The van der Waals surface area contributed by atoms with Crippen LogP contribution in [0.5, 0.6) is 0 Å². The molecule has 0 aromatic heterocycles. The van der Waals surface area contributed by atoms with Crippen LogP contribution in [0.3, 0.4) is 0 Å². The van der Waals surface area contributed by atoms with Gasteiger partial charge < -0.3 is 15.7 Å². The molecule has 2 atom stereocenters. The van der Waals surface area contributed by atoms with Crippen LogP contribution in [-0.2, 0) is 0 Å². The molecule has 0 heterocycles. The predicted molar refractivity (Wildman–Crippen MR) is 67.4 cm³/mol. The van der Waals surface area contributed by atoms with E-state index in [0.717, 1.165) is 19.3 Å². The lowest BCUT2D eigenvalue weighted by molar-refractivity contribution is 0.154. The third-order valence-electron chi connectivity index (χ3n) is 3.40. The van der Waals surface area contributed by atoms with Gasteiger partial charge in [0.2, 0.25) is 0 Å². The molecule has 4 heteroatoms. The van der Waals surface area contributed by atoms with E-state index in [1.54, 1.807) is 0 Å². The van der Waals surface area contributed by atoms with Crippen molar-refractivity contribution in [2.24, 2.45) is 5.92 Å². The molecule has 4 nitrogen and oxygen atoms in total. The fraction of sp³-hybridized carbons (Fsp3) is 0.769. The molecule has 0 radical (unpaired) electrons. The largest absolute Gasteiger partial charge is 0.394 e. The summed E-state index contributed by atoms with van der Waals surface area (Å²) >= 11 is 0. The highest BCUT2D eigenvalue weighted by Crippen LogP contribution is 2.39. The fourth-order valence-electron chi connectivity index (χ4n) is 1.91. The Bertz CT molecular complexity index is 307. The van der Waals surface area contributed by atoms with Crippen LogP contribution in [0.2, 0.25) is 0 Å². The van der Waals surface area contributed by atoms with Gasteiger partial charge in [0.05, 0.1) is 12.1 Å². The Morgan fingerprint density at radius 3 is 2.71 bits per heavy atom. The first-order valence-corrected chi connectivity index (χ1v) is 6.18. The number of amides is 2. The van der Waals surface area contributed by atoms with Gasteiger partial charge in [0.1, 0.15) is 0 Å². The van der Waals surface area contributed by atoms with Gasteiger partial charge >= 0.3 is 6.03 Å². The molecule has 0 bridgehead atoms. The first-order valence-electron chi connectivity index (χ1n) is 6.18. The van der Waals surface area contributed by atoms with Crippen molar-refractivity contribution in [2.75, 3.05) is 6.61 Å². The second-order valence-electron chi connectivity index (χ2n) is 4.96. The summed E-state index contributed by atoms with van der Waals surface area (Å²) in [5.41, 5.74) is -0.501. The van der Waals surface area contributed by atoms with Crippen molar-refractivity contribution in [2.45, 2.75) is 51.1 Å². The summed E-state index contributed by atoms with van der Waals surface area (Å²) < 4.78 is 0. The number of carbonyl (C=O) groups excluding carboxylic acids is 1. The molecular weight excluding hydrogens is 216 g/mol. The average molecular weight is 238 g/mol. The molecule has 96 valence electrons. The zero-order valence-corrected chi connectivity index (χ0v) is 10.6. The minimum atomic E-state index is -0.501. The second-order valence-corrected chi connectivity index (χ2v) is 4.96. The Hall–Kier alpha value is -1.21. The topological polar surface area (TPSA) is 61.4 Å². The van der Waals surface area contributed by atoms with Crippen molar-refractivity contribution in [1.82, 2.24) is 10.6 Å². The van der Waals surface area contributed by atoms with Crippen molar-refractivity contribution in [3.8, 4) is 12.3 Å². The lowest BCUT2D eigenvalue weighted by Crippen LogP contribution is -2.55. The van der Waals surface area contributed by atoms with Crippen LogP contribution in [0.25, 0.3) is 0 Å². The maximum atomic E-state index is 11.8. The van der Waals surface area contributed by atoms with E-state index in [2.05, 4.69) is 16.6 Å². The van der Waals surface area contributed by atoms with Gasteiger partial charge in [-0.15, -0.1) is 12.3 Å². The summed E-state index contributed by atoms with van der Waals surface area (Å²) in [6.45, 7) is 3.83. The van der Waals surface area contributed by atoms with Crippen LogP contribution in [0.4, 0.5) is 4.79 Å². The van der Waals surface area contributed by atoms with Gasteiger partial charge in [0.25, 0.3) is 0 Å². The first-order chi connectivity index (χ1) is 8.05. The zero-order valence-electron chi connectivity index (χ0n) is 10.6. The molecule has 0 saturated heterocycles. The third-order valence-corrected chi connectivity index (χ3v) is 3.40. The number of aliphatic hydroxyl groups is 1. The smallest absolute Gasteiger partial charge is 0.315 e. The van der Waals surface area contributed by atoms with Crippen LogP contribution in [-0.4, -0.2) is 29.3 Å². The van der Waals surface area contributed by atoms with Crippen molar-refractivity contribution >= 4 is 6.03 Å². The molecule has 3 N–H and O–H groups in total. The highest BCUT2D eigenvalue weighted by atomic mass is 16.3. The van der Waals surface area contributed by atoms with Gasteiger partial charge in [-0.3, -0.25) is 0 Å². The Balaban J connectivity index is 2.45.